The highest BCUT2D eigenvalue weighted by Crippen LogP contribution is 2.33. The molecule has 0 spiro atoms. The van der Waals surface area contributed by atoms with Gasteiger partial charge in [0.25, 0.3) is 0 Å². The van der Waals surface area contributed by atoms with Gasteiger partial charge >= 0.3 is 0 Å². The van der Waals surface area contributed by atoms with E-state index in [0.29, 0.717) is 6.04 Å². The number of fused-ring (bicyclic) bond motifs is 1. The molecular weight excluding hydrogens is 214 g/mol. The van der Waals surface area contributed by atoms with Gasteiger partial charge in [0, 0.05) is 30.8 Å². The predicted octanol–water partition coefficient (Wildman–Crippen LogP) is 2.47. The van der Waals surface area contributed by atoms with E-state index in [1.165, 1.54) is 11.1 Å². The Labute approximate surface area is 103 Å². The second-order valence-electron chi connectivity index (χ2n) is 4.78. The molecule has 17 heavy (non-hydrogen) atoms. The Bertz CT molecular complexity index is 401. The average Bonchev–Trinajstić information content (AvgIpc) is 2.36. The zero-order chi connectivity index (χ0) is 12.4. The van der Waals surface area contributed by atoms with E-state index in [9.17, 15) is 0 Å². The third-order valence-corrected chi connectivity index (χ3v) is 3.48. The fourth-order valence-electron chi connectivity index (χ4n) is 2.39. The number of hydrogen-bond donors (Lipinski definition) is 0. The molecule has 0 saturated carbocycles. The summed E-state index contributed by atoms with van der Waals surface area (Å²) in [5.41, 5.74) is 2.67. The van der Waals surface area contributed by atoms with Crippen LogP contribution in [0.25, 0.3) is 0 Å². The average molecular weight is 235 g/mol. The smallest absolute Gasteiger partial charge is 0.126 e. The Morgan fingerprint density at radius 3 is 2.53 bits per heavy atom. The molecule has 0 saturated heterocycles. The van der Waals surface area contributed by atoms with Crippen molar-refractivity contribution in [3.8, 4) is 11.5 Å². The summed E-state index contributed by atoms with van der Waals surface area (Å²) in [6.07, 6.45) is 1.06. The molecule has 1 aliphatic rings. The van der Waals surface area contributed by atoms with Crippen molar-refractivity contribution in [2.75, 3.05) is 20.8 Å². The predicted molar refractivity (Wildman–Crippen MR) is 68.8 cm³/mol. The molecule has 1 aromatic rings. The number of ether oxygens (including phenoxy) is 2. The molecule has 0 bridgehead atoms. The number of hydrogen-bond acceptors (Lipinski definition) is 3. The van der Waals surface area contributed by atoms with Crippen LogP contribution in [0.3, 0.4) is 0 Å². The monoisotopic (exact) mass is 235 g/mol. The van der Waals surface area contributed by atoms with Gasteiger partial charge in [0.1, 0.15) is 11.5 Å². The lowest BCUT2D eigenvalue weighted by atomic mass is 9.97. The summed E-state index contributed by atoms with van der Waals surface area (Å²) in [4.78, 5) is 2.47. The lowest BCUT2D eigenvalue weighted by molar-refractivity contribution is 0.201. The van der Waals surface area contributed by atoms with E-state index in [-0.39, 0.29) is 0 Å². The Morgan fingerprint density at radius 2 is 1.94 bits per heavy atom. The van der Waals surface area contributed by atoms with E-state index in [1.54, 1.807) is 14.2 Å². The SMILES string of the molecule is COc1cc2c(c(OC)c1)CCN(C(C)C)C2. The molecule has 0 radical (unpaired) electrons. The maximum Gasteiger partial charge on any atom is 0.126 e. The van der Waals surface area contributed by atoms with Crippen molar-refractivity contribution in [1.29, 1.82) is 0 Å². The van der Waals surface area contributed by atoms with Crippen LogP contribution in [0.1, 0.15) is 25.0 Å². The van der Waals surface area contributed by atoms with Gasteiger partial charge < -0.3 is 9.47 Å². The Hall–Kier alpha value is -1.22. The van der Waals surface area contributed by atoms with Crippen LogP contribution in [0.2, 0.25) is 0 Å². The molecule has 3 heteroatoms. The molecular formula is C14H21NO2. The molecule has 3 nitrogen and oxygen atoms in total. The number of nitrogens with zero attached hydrogens (tertiary/aromatic N) is 1. The Morgan fingerprint density at radius 1 is 1.18 bits per heavy atom. The van der Waals surface area contributed by atoms with E-state index < -0.39 is 0 Å². The van der Waals surface area contributed by atoms with E-state index in [1.807, 2.05) is 6.07 Å². The standard InChI is InChI=1S/C14H21NO2/c1-10(2)15-6-5-13-11(9-15)7-12(16-3)8-14(13)17-4/h7-8,10H,5-6,9H2,1-4H3. The van der Waals surface area contributed by atoms with Gasteiger partial charge in [-0.05, 0) is 31.9 Å². The van der Waals surface area contributed by atoms with Crippen molar-refractivity contribution in [2.45, 2.75) is 32.9 Å². The van der Waals surface area contributed by atoms with Crippen molar-refractivity contribution in [1.82, 2.24) is 4.90 Å². The van der Waals surface area contributed by atoms with Gasteiger partial charge in [0.15, 0.2) is 0 Å². The van der Waals surface area contributed by atoms with Crippen LogP contribution in [-0.2, 0) is 13.0 Å². The number of rotatable bonds is 3. The molecule has 0 unspecified atom stereocenters. The summed E-state index contributed by atoms with van der Waals surface area (Å²) in [5.74, 6) is 1.84. The minimum Gasteiger partial charge on any atom is -0.497 e. The van der Waals surface area contributed by atoms with Crippen molar-refractivity contribution >= 4 is 0 Å². The largest absolute Gasteiger partial charge is 0.497 e. The zero-order valence-corrected chi connectivity index (χ0v) is 11.1. The van der Waals surface area contributed by atoms with Crippen molar-refractivity contribution in [3.63, 3.8) is 0 Å². The Kier molecular flexibility index (Phi) is 3.57. The zero-order valence-electron chi connectivity index (χ0n) is 11.1. The van der Waals surface area contributed by atoms with Crippen LogP contribution in [0.4, 0.5) is 0 Å². The molecule has 1 aliphatic heterocycles. The van der Waals surface area contributed by atoms with Gasteiger partial charge in [-0.15, -0.1) is 0 Å². The van der Waals surface area contributed by atoms with E-state index in [2.05, 4.69) is 24.8 Å². The highest BCUT2D eigenvalue weighted by molar-refractivity contribution is 5.47. The van der Waals surface area contributed by atoms with E-state index in [0.717, 1.165) is 31.0 Å². The topological polar surface area (TPSA) is 21.7 Å². The van der Waals surface area contributed by atoms with Crippen molar-refractivity contribution in [2.24, 2.45) is 0 Å². The number of methoxy groups -OCH3 is 2. The first-order valence-corrected chi connectivity index (χ1v) is 6.13. The highest BCUT2D eigenvalue weighted by atomic mass is 16.5. The molecule has 0 aromatic heterocycles. The minimum absolute atomic E-state index is 0.584. The van der Waals surface area contributed by atoms with Gasteiger partial charge in [-0.3, -0.25) is 4.90 Å². The van der Waals surface area contributed by atoms with E-state index in [4.69, 9.17) is 9.47 Å². The summed E-state index contributed by atoms with van der Waals surface area (Å²) < 4.78 is 10.8. The summed E-state index contributed by atoms with van der Waals surface area (Å²) in [6.45, 7) is 6.57. The molecule has 0 fully saturated rings. The highest BCUT2D eigenvalue weighted by Gasteiger charge is 2.22. The number of benzene rings is 1. The summed E-state index contributed by atoms with van der Waals surface area (Å²) >= 11 is 0. The third kappa shape index (κ3) is 2.39. The second kappa shape index (κ2) is 4.96. The maximum absolute atomic E-state index is 5.45. The molecule has 0 amide bonds. The molecule has 94 valence electrons. The van der Waals surface area contributed by atoms with Crippen molar-refractivity contribution in [3.05, 3.63) is 23.3 Å². The van der Waals surface area contributed by atoms with Crippen LogP contribution in [0.15, 0.2) is 12.1 Å². The van der Waals surface area contributed by atoms with Crippen LogP contribution < -0.4 is 9.47 Å². The lowest BCUT2D eigenvalue weighted by Gasteiger charge is -2.32. The van der Waals surface area contributed by atoms with Crippen LogP contribution in [-0.4, -0.2) is 31.7 Å². The first-order valence-electron chi connectivity index (χ1n) is 6.13. The fourth-order valence-corrected chi connectivity index (χ4v) is 2.39. The first-order chi connectivity index (χ1) is 8.15. The molecule has 2 rings (SSSR count). The van der Waals surface area contributed by atoms with Crippen LogP contribution in [0.5, 0.6) is 11.5 Å². The van der Waals surface area contributed by atoms with E-state index >= 15 is 0 Å². The summed E-state index contributed by atoms with van der Waals surface area (Å²) in [7, 11) is 3.42. The molecule has 0 N–H and O–H groups in total. The minimum atomic E-state index is 0.584. The second-order valence-corrected chi connectivity index (χ2v) is 4.78. The maximum atomic E-state index is 5.45. The van der Waals surface area contributed by atoms with Crippen molar-refractivity contribution < 1.29 is 9.47 Å². The fraction of sp³-hybridized carbons (Fsp3) is 0.571. The third-order valence-electron chi connectivity index (χ3n) is 3.48. The summed E-state index contributed by atoms with van der Waals surface area (Å²) in [6, 6.07) is 4.69. The van der Waals surface area contributed by atoms with Gasteiger partial charge in [0.05, 0.1) is 14.2 Å². The van der Waals surface area contributed by atoms with Gasteiger partial charge in [-0.2, -0.15) is 0 Å². The van der Waals surface area contributed by atoms with Gasteiger partial charge in [0.2, 0.25) is 0 Å². The van der Waals surface area contributed by atoms with Crippen LogP contribution >= 0.6 is 0 Å². The molecule has 0 aliphatic carbocycles. The Balaban J connectivity index is 2.35. The van der Waals surface area contributed by atoms with Gasteiger partial charge in [-0.1, -0.05) is 0 Å². The normalized spacial score (nSPS) is 15.8. The van der Waals surface area contributed by atoms with Gasteiger partial charge in [-0.25, -0.2) is 0 Å². The molecule has 0 atom stereocenters. The van der Waals surface area contributed by atoms with Crippen LogP contribution in [0, 0.1) is 0 Å². The summed E-state index contributed by atoms with van der Waals surface area (Å²) in [5, 5.41) is 0. The lowest BCUT2D eigenvalue weighted by Crippen LogP contribution is -2.36. The first kappa shape index (κ1) is 12.2. The molecule has 1 heterocycles. The quantitative estimate of drug-likeness (QED) is 0.803. The molecule has 1 aromatic carbocycles.